The number of fused-ring (bicyclic) bond motifs is 1. The summed E-state index contributed by atoms with van der Waals surface area (Å²) in [5.41, 5.74) is 0.229. The maximum Gasteiger partial charge on any atom is 0.264 e. The van der Waals surface area contributed by atoms with Gasteiger partial charge in [0, 0.05) is 43.8 Å². The number of benzene rings is 1. The Kier molecular flexibility index (Phi) is 4.67. The molecular formula is C19H24N2O4. The topological polar surface area (TPSA) is 81.1 Å². The van der Waals surface area contributed by atoms with Gasteiger partial charge in [0.1, 0.15) is 0 Å². The number of hydrogen-bond acceptors (Lipinski definition) is 4. The maximum absolute atomic E-state index is 12.8. The Morgan fingerprint density at radius 1 is 1.36 bits per heavy atom. The molecule has 2 heterocycles. The van der Waals surface area contributed by atoms with E-state index in [1.165, 1.54) is 4.90 Å². The monoisotopic (exact) mass is 344 g/mol. The van der Waals surface area contributed by atoms with Gasteiger partial charge < -0.3 is 20.0 Å². The molecule has 134 valence electrons. The molecule has 0 spiro atoms. The third-order valence-corrected chi connectivity index (χ3v) is 5.15. The first kappa shape index (κ1) is 17.6. The molecule has 2 amide bonds. The summed E-state index contributed by atoms with van der Waals surface area (Å²) in [6, 6.07) is 5.37. The van der Waals surface area contributed by atoms with Crippen molar-refractivity contribution in [3.8, 4) is 0 Å². The van der Waals surface area contributed by atoms with Crippen molar-refractivity contribution in [1.29, 1.82) is 0 Å². The highest BCUT2D eigenvalue weighted by atomic mass is 16.3. The van der Waals surface area contributed by atoms with Crippen LogP contribution in [0.3, 0.4) is 0 Å². The van der Waals surface area contributed by atoms with Gasteiger partial charge in [0.25, 0.3) is 5.91 Å². The van der Waals surface area contributed by atoms with E-state index < -0.39 is 11.5 Å². The van der Waals surface area contributed by atoms with Gasteiger partial charge in [-0.2, -0.15) is 0 Å². The van der Waals surface area contributed by atoms with E-state index >= 15 is 0 Å². The van der Waals surface area contributed by atoms with E-state index in [4.69, 9.17) is 5.11 Å². The van der Waals surface area contributed by atoms with Gasteiger partial charge in [-0.1, -0.05) is 19.1 Å². The van der Waals surface area contributed by atoms with Crippen molar-refractivity contribution >= 4 is 23.2 Å². The lowest BCUT2D eigenvalue weighted by Crippen LogP contribution is -2.43. The Balaban J connectivity index is 2.02. The Morgan fingerprint density at radius 2 is 2.12 bits per heavy atom. The summed E-state index contributed by atoms with van der Waals surface area (Å²) < 4.78 is 0. The fourth-order valence-corrected chi connectivity index (χ4v) is 3.65. The van der Waals surface area contributed by atoms with Gasteiger partial charge in [-0.05, 0) is 31.0 Å². The summed E-state index contributed by atoms with van der Waals surface area (Å²) in [4.78, 5) is 28.0. The van der Waals surface area contributed by atoms with Crippen LogP contribution >= 0.6 is 0 Å². The summed E-state index contributed by atoms with van der Waals surface area (Å²) in [5, 5.41) is 20.2. The number of carbonyl (C=O) groups excluding carboxylic acids is 2. The average molecular weight is 344 g/mol. The molecule has 3 rings (SSSR count). The average Bonchev–Trinajstić information content (AvgIpc) is 3.12. The Morgan fingerprint density at radius 3 is 2.76 bits per heavy atom. The fraction of sp³-hybridized carbons (Fsp3) is 0.474. The van der Waals surface area contributed by atoms with Crippen molar-refractivity contribution in [2.75, 3.05) is 30.0 Å². The summed E-state index contributed by atoms with van der Waals surface area (Å²) in [5.74, 6) is -0.773. The van der Waals surface area contributed by atoms with Crippen molar-refractivity contribution in [3.63, 3.8) is 0 Å². The first-order chi connectivity index (χ1) is 11.9. The van der Waals surface area contributed by atoms with Crippen LogP contribution in [0, 0.1) is 5.92 Å². The minimum absolute atomic E-state index is 0.0211. The smallest absolute Gasteiger partial charge is 0.264 e. The zero-order valence-corrected chi connectivity index (χ0v) is 14.6. The summed E-state index contributed by atoms with van der Waals surface area (Å²) in [6.07, 6.45) is 5.34. The molecule has 0 aliphatic carbocycles. The highest BCUT2D eigenvalue weighted by Crippen LogP contribution is 2.46. The normalized spacial score (nSPS) is 24.5. The van der Waals surface area contributed by atoms with Gasteiger partial charge in [0.15, 0.2) is 5.60 Å². The predicted molar refractivity (Wildman–Crippen MR) is 95.3 cm³/mol. The number of anilines is 2. The maximum atomic E-state index is 12.8. The zero-order chi connectivity index (χ0) is 18.2. The second-order valence-electron chi connectivity index (χ2n) is 6.71. The fourth-order valence-electron chi connectivity index (χ4n) is 3.65. The summed E-state index contributed by atoms with van der Waals surface area (Å²) in [7, 11) is 1.64. The van der Waals surface area contributed by atoms with Gasteiger partial charge in [0.2, 0.25) is 5.91 Å². The molecule has 0 saturated carbocycles. The van der Waals surface area contributed by atoms with E-state index in [0.717, 1.165) is 6.42 Å². The number of carbonyl (C=O) groups is 2. The Labute approximate surface area is 147 Å². The van der Waals surface area contributed by atoms with Crippen LogP contribution in [-0.2, 0) is 15.2 Å². The summed E-state index contributed by atoms with van der Waals surface area (Å²) >= 11 is 0. The van der Waals surface area contributed by atoms with E-state index in [1.807, 2.05) is 6.07 Å². The Bertz CT molecular complexity index is 730. The number of rotatable bonds is 5. The third-order valence-electron chi connectivity index (χ3n) is 5.15. The molecule has 1 saturated heterocycles. The van der Waals surface area contributed by atoms with Crippen LogP contribution in [0.15, 0.2) is 30.4 Å². The van der Waals surface area contributed by atoms with Gasteiger partial charge in [-0.3, -0.25) is 9.59 Å². The molecule has 2 N–H and O–H groups in total. The van der Waals surface area contributed by atoms with E-state index in [0.29, 0.717) is 36.3 Å². The lowest BCUT2D eigenvalue weighted by Gasteiger charge is -2.27. The molecule has 1 aromatic carbocycles. The van der Waals surface area contributed by atoms with Crippen LogP contribution < -0.4 is 9.80 Å². The SMILES string of the molecule is C[C@H](/C=C/CCO)[C@@]1(O)C(=O)N(C)c2ccc(N3CCCC3=O)cc21. The van der Waals surface area contributed by atoms with Gasteiger partial charge in [0.05, 0.1) is 5.69 Å². The van der Waals surface area contributed by atoms with Crippen LogP contribution in [-0.4, -0.2) is 42.2 Å². The molecule has 2 atom stereocenters. The van der Waals surface area contributed by atoms with Crippen LogP contribution in [0.25, 0.3) is 0 Å². The quantitative estimate of drug-likeness (QED) is 0.794. The summed E-state index contributed by atoms with van der Waals surface area (Å²) in [6.45, 7) is 2.46. The molecular weight excluding hydrogens is 320 g/mol. The van der Waals surface area contributed by atoms with E-state index in [2.05, 4.69) is 0 Å². The number of aliphatic hydroxyl groups excluding tert-OH is 1. The number of aliphatic hydroxyl groups is 2. The standard InChI is InChI=1S/C19H24N2O4/c1-13(6-3-4-11-22)19(25)15-12-14(21-10-5-7-17(21)23)8-9-16(15)20(2)18(19)24/h3,6,8-9,12-13,22,25H,4-5,7,10-11H2,1-2H3/b6-3+/t13-,19+/m1/s1. The van der Waals surface area contributed by atoms with Crippen LogP contribution in [0.4, 0.5) is 11.4 Å². The predicted octanol–water partition coefficient (Wildman–Crippen LogP) is 1.55. The minimum atomic E-state index is -1.67. The molecule has 1 aromatic rings. The molecule has 2 aliphatic heterocycles. The van der Waals surface area contributed by atoms with Gasteiger partial charge in [-0.15, -0.1) is 0 Å². The van der Waals surface area contributed by atoms with E-state index in [1.54, 1.807) is 43.2 Å². The van der Waals surface area contributed by atoms with Crippen LogP contribution in [0.1, 0.15) is 31.7 Å². The van der Waals surface area contributed by atoms with Crippen LogP contribution in [0.5, 0.6) is 0 Å². The third kappa shape index (κ3) is 2.75. The van der Waals surface area contributed by atoms with Gasteiger partial charge in [-0.25, -0.2) is 0 Å². The molecule has 6 heteroatoms. The zero-order valence-electron chi connectivity index (χ0n) is 14.6. The molecule has 0 radical (unpaired) electrons. The second kappa shape index (κ2) is 6.61. The number of nitrogens with zero attached hydrogens (tertiary/aromatic N) is 2. The number of likely N-dealkylation sites (N-methyl/N-ethyl adjacent to an activating group) is 1. The highest BCUT2D eigenvalue weighted by Gasteiger charge is 2.51. The van der Waals surface area contributed by atoms with E-state index in [9.17, 15) is 14.7 Å². The van der Waals surface area contributed by atoms with Crippen LogP contribution in [0.2, 0.25) is 0 Å². The van der Waals surface area contributed by atoms with Crippen molar-refractivity contribution in [1.82, 2.24) is 0 Å². The first-order valence-electron chi connectivity index (χ1n) is 8.64. The highest BCUT2D eigenvalue weighted by molar-refractivity contribution is 6.07. The second-order valence-corrected chi connectivity index (χ2v) is 6.71. The Hall–Kier alpha value is -2.18. The molecule has 0 aromatic heterocycles. The van der Waals surface area contributed by atoms with Crippen molar-refractivity contribution in [2.45, 2.75) is 31.8 Å². The molecule has 2 aliphatic rings. The largest absolute Gasteiger partial charge is 0.396 e. The van der Waals surface area contributed by atoms with E-state index in [-0.39, 0.29) is 18.4 Å². The van der Waals surface area contributed by atoms with Gasteiger partial charge >= 0.3 is 0 Å². The molecule has 0 bridgehead atoms. The lowest BCUT2D eigenvalue weighted by molar-refractivity contribution is -0.139. The number of hydrogen-bond donors (Lipinski definition) is 2. The molecule has 0 unspecified atom stereocenters. The first-order valence-corrected chi connectivity index (χ1v) is 8.64. The lowest BCUT2D eigenvalue weighted by atomic mass is 9.82. The number of amides is 2. The molecule has 1 fully saturated rings. The van der Waals surface area contributed by atoms with Crippen molar-refractivity contribution in [2.24, 2.45) is 5.92 Å². The molecule has 6 nitrogen and oxygen atoms in total. The van der Waals surface area contributed by atoms with Crippen molar-refractivity contribution < 1.29 is 19.8 Å². The molecule has 25 heavy (non-hydrogen) atoms. The minimum Gasteiger partial charge on any atom is -0.396 e. The van der Waals surface area contributed by atoms with Crippen molar-refractivity contribution in [3.05, 3.63) is 35.9 Å².